The van der Waals surface area contributed by atoms with Gasteiger partial charge < -0.3 is 15.2 Å². The van der Waals surface area contributed by atoms with Gasteiger partial charge in [-0.15, -0.1) is 0 Å². The van der Waals surface area contributed by atoms with Crippen molar-refractivity contribution in [3.05, 3.63) is 86.6 Å². The van der Waals surface area contributed by atoms with Crippen LogP contribution in [0.2, 0.25) is 10.2 Å². The fraction of sp³-hybridized carbons (Fsp3) is 0.0909. The Kier molecular flexibility index (Phi) is 5.98. The van der Waals surface area contributed by atoms with Crippen LogP contribution in [0.1, 0.15) is 16.1 Å². The third-order valence-corrected chi connectivity index (χ3v) is 5.30. The molecule has 0 saturated carbocycles. The summed E-state index contributed by atoms with van der Waals surface area (Å²) in [7, 11) is 1.58. The molecule has 0 aliphatic heterocycles. The second-order valence-corrected chi connectivity index (χ2v) is 7.57. The summed E-state index contributed by atoms with van der Waals surface area (Å²) < 4.78 is 6.61. The van der Waals surface area contributed by atoms with Crippen molar-refractivity contribution in [3.8, 4) is 11.5 Å². The van der Waals surface area contributed by atoms with Gasteiger partial charge in [-0.3, -0.25) is 14.2 Å². The van der Waals surface area contributed by atoms with Crippen LogP contribution in [-0.2, 0) is 6.54 Å². The Labute approximate surface area is 192 Å². The van der Waals surface area contributed by atoms with Gasteiger partial charge in [0.1, 0.15) is 11.4 Å². The summed E-state index contributed by atoms with van der Waals surface area (Å²) in [6.07, 6.45) is 1.46. The van der Waals surface area contributed by atoms with Gasteiger partial charge in [0.15, 0.2) is 10.9 Å². The van der Waals surface area contributed by atoms with Crippen molar-refractivity contribution in [2.24, 2.45) is 0 Å². The Balaban J connectivity index is 1.70. The SMILES string of the molecule is COc1ccc(Cn2cnc3cccc(NC(=O)c4cc(Cl)c(O)c(Cl)n4)c3c2=O)cc1. The van der Waals surface area contributed by atoms with Gasteiger partial charge in [0.25, 0.3) is 11.5 Å². The van der Waals surface area contributed by atoms with E-state index in [4.69, 9.17) is 27.9 Å². The lowest BCUT2D eigenvalue weighted by Gasteiger charge is -2.11. The molecule has 2 N–H and O–H groups in total. The Morgan fingerprint density at radius 1 is 1.19 bits per heavy atom. The number of fused-ring (bicyclic) bond motifs is 1. The van der Waals surface area contributed by atoms with Gasteiger partial charge in [-0.1, -0.05) is 41.4 Å². The molecule has 2 heterocycles. The molecule has 8 nitrogen and oxygen atoms in total. The van der Waals surface area contributed by atoms with E-state index in [1.54, 1.807) is 37.4 Å². The topological polar surface area (TPSA) is 106 Å². The number of halogens is 2. The number of amides is 1. The molecule has 0 radical (unpaired) electrons. The normalized spacial score (nSPS) is 10.8. The molecule has 1 amide bonds. The van der Waals surface area contributed by atoms with Gasteiger partial charge in [-0.25, -0.2) is 9.97 Å². The Morgan fingerprint density at radius 3 is 2.62 bits per heavy atom. The van der Waals surface area contributed by atoms with E-state index in [0.717, 1.165) is 5.56 Å². The number of aromatic hydroxyl groups is 1. The van der Waals surface area contributed by atoms with Crippen LogP contribution >= 0.6 is 23.2 Å². The molecule has 0 atom stereocenters. The fourth-order valence-corrected chi connectivity index (χ4v) is 3.56. The minimum absolute atomic E-state index is 0.114. The third-order valence-electron chi connectivity index (χ3n) is 4.75. The molecule has 162 valence electrons. The van der Waals surface area contributed by atoms with E-state index in [-0.39, 0.29) is 32.5 Å². The van der Waals surface area contributed by atoms with Crippen molar-refractivity contribution in [2.75, 3.05) is 12.4 Å². The molecular formula is C22H16Cl2N4O4. The van der Waals surface area contributed by atoms with Gasteiger partial charge in [0.2, 0.25) is 0 Å². The number of methoxy groups -OCH3 is 1. The number of carbonyl (C=O) groups excluding carboxylic acids is 1. The average Bonchev–Trinajstić information content (AvgIpc) is 2.79. The van der Waals surface area contributed by atoms with Gasteiger partial charge >= 0.3 is 0 Å². The number of carbonyl (C=O) groups is 1. The number of nitrogens with one attached hydrogen (secondary N) is 1. The van der Waals surface area contributed by atoms with Crippen molar-refractivity contribution in [2.45, 2.75) is 6.54 Å². The summed E-state index contributed by atoms with van der Waals surface area (Å²) in [6, 6.07) is 13.4. The summed E-state index contributed by atoms with van der Waals surface area (Å²) >= 11 is 11.7. The lowest BCUT2D eigenvalue weighted by atomic mass is 10.2. The molecule has 0 saturated heterocycles. The molecule has 0 aliphatic carbocycles. The molecule has 0 fully saturated rings. The maximum Gasteiger partial charge on any atom is 0.274 e. The second kappa shape index (κ2) is 8.86. The smallest absolute Gasteiger partial charge is 0.274 e. The zero-order valence-corrected chi connectivity index (χ0v) is 18.2. The van der Waals surface area contributed by atoms with Crippen molar-refractivity contribution >= 4 is 45.7 Å². The molecule has 4 aromatic rings. The highest BCUT2D eigenvalue weighted by Crippen LogP contribution is 2.30. The summed E-state index contributed by atoms with van der Waals surface area (Å²) in [5.41, 5.74) is 1.13. The third kappa shape index (κ3) is 4.23. The first kappa shape index (κ1) is 21.6. The fourth-order valence-electron chi connectivity index (χ4n) is 3.13. The van der Waals surface area contributed by atoms with Crippen LogP contribution in [0.3, 0.4) is 0 Å². The second-order valence-electron chi connectivity index (χ2n) is 6.81. The molecule has 0 spiro atoms. The first-order valence-electron chi connectivity index (χ1n) is 9.35. The summed E-state index contributed by atoms with van der Waals surface area (Å²) in [6.45, 7) is 0.290. The van der Waals surface area contributed by atoms with Gasteiger partial charge in [-0.2, -0.15) is 0 Å². The first-order valence-corrected chi connectivity index (χ1v) is 10.1. The van der Waals surface area contributed by atoms with Crippen molar-refractivity contribution in [1.82, 2.24) is 14.5 Å². The van der Waals surface area contributed by atoms with E-state index < -0.39 is 11.7 Å². The van der Waals surface area contributed by atoms with Crippen molar-refractivity contribution in [3.63, 3.8) is 0 Å². The van der Waals surface area contributed by atoms with Crippen LogP contribution in [0.5, 0.6) is 11.5 Å². The molecule has 32 heavy (non-hydrogen) atoms. The molecule has 0 bridgehead atoms. The van der Waals surface area contributed by atoms with E-state index in [2.05, 4.69) is 15.3 Å². The number of nitrogens with zero attached hydrogens (tertiary/aromatic N) is 3. The molecule has 0 unspecified atom stereocenters. The van der Waals surface area contributed by atoms with E-state index in [9.17, 15) is 14.7 Å². The van der Waals surface area contributed by atoms with Crippen LogP contribution in [-0.4, -0.2) is 32.7 Å². The van der Waals surface area contributed by atoms with Gasteiger partial charge in [0.05, 0.1) is 41.6 Å². The summed E-state index contributed by atoms with van der Waals surface area (Å²) in [5.74, 6) is -0.349. The number of rotatable bonds is 5. The van der Waals surface area contributed by atoms with Crippen LogP contribution in [0.15, 0.2) is 59.7 Å². The molecule has 2 aromatic carbocycles. The number of hydrogen-bond donors (Lipinski definition) is 2. The Morgan fingerprint density at radius 2 is 1.94 bits per heavy atom. The van der Waals surface area contributed by atoms with Crippen LogP contribution in [0.4, 0.5) is 5.69 Å². The summed E-state index contributed by atoms with van der Waals surface area (Å²) in [5, 5.41) is 12.1. The largest absolute Gasteiger partial charge is 0.504 e. The van der Waals surface area contributed by atoms with Crippen LogP contribution in [0.25, 0.3) is 10.9 Å². The number of pyridine rings is 1. The van der Waals surface area contributed by atoms with Crippen LogP contribution in [0, 0.1) is 0 Å². The monoisotopic (exact) mass is 470 g/mol. The molecule has 4 rings (SSSR count). The highest BCUT2D eigenvalue weighted by molar-refractivity contribution is 6.36. The lowest BCUT2D eigenvalue weighted by Crippen LogP contribution is -2.23. The predicted octanol–water partition coefficient (Wildman–Crippen LogP) is 4.11. The number of ether oxygens (including phenoxy) is 1. The Hall–Kier alpha value is -3.62. The number of aromatic nitrogens is 3. The van der Waals surface area contributed by atoms with E-state index in [1.165, 1.54) is 17.0 Å². The number of benzene rings is 2. The van der Waals surface area contributed by atoms with Crippen molar-refractivity contribution in [1.29, 1.82) is 0 Å². The predicted molar refractivity (Wildman–Crippen MR) is 122 cm³/mol. The van der Waals surface area contributed by atoms with Gasteiger partial charge in [-0.05, 0) is 35.9 Å². The van der Waals surface area contributed by atoms with Crippen LogP contribution < -0.4 is 15.6 Å². The van der Waals surface area contributed by atoms with Crippen molar-refractivity contribution < 1.29 is 14.6 Å². The maximum absolute atomic E-state index is 13.2. The van der Waals surface area contributed by atoms with E-state index in [0.29, 0.717) is 17.8 Å². The zero-order chi connectivity index (χ0) is 22.8. The maximum atomic E-state index is 13.2. The molecule has 10 heteroatoms. The lowest BCUT2D eigenvalue weighted by molar-refractivity contribution is 0.102. The van der Waals surface area contributed by atoms with E-state index in [1.807, 2.05) is 12.1 Å². The van der Waals surface area contributed by atoms with Gasteiger partial charge in [0, 0.05) is 0 Å². The highest BCUT2D eigenvalue weighted by atomic mass is 35.5. The quantitative estimate of drug-likeness (QED) is 0.425. The average molecular weight is 471 g/mol. The molecule has 2 aromatic heterocycles. The standard InChI is InChI=1S/C22H16Cl2N4O4/c1-32-13-7-5-12(6-8-13)10-28-11-25-15-3-2-4-16(18(15)22(28)31)27-21(30)17-9-14(23)19(29)20(24)26-17/h2-9,11,29H,10H2,1H3,(H,27,30). The van der Waals surface area contributed by atoms with E-state index >= 15 is 0 Å². The Bertz CT molecular complexity index is 1360. The minimum atomic E-state index is -0.647. The first-order chi connectivity index (χ1) is 15.4. The summed E-state index contributed by atoms with van der Waals surface area (Å²) in [4.78, 5) is 34.1. The minimum Gasteiger partial charge on any atom is -0.504 e. The zero-order valence-electron chi connectivity index (χ0n) is 16.7. The number of hydrogen-bond acceptors (Lipinski definition) is 6. The highest BCUT2D eigenvalue weighted by Gasteiger charge is 2.17. The number of anilines is 1. The molecular weight excluding hydrogens is 455 g/mol. The molecule has 0 aliphatic rings.